The molecular weight excluding hydrogens is 224 g/mol. The fourth-order valence-corrected chi connectivity index (χ4v) is 2.15. The van der Waals surface area contributed by atoms with Crippen LogP contribution in [0.1, 0.15) is 24.9 Å². The van der Waals surface area contributed by atoms with Crippen molar-refractivity contribution in [3.05, 3.63) is 35.4 Å². The number of aliphatic hydroxyl groups is 1. The summed E-state index contributed by atoms with van der Waals surface area (Å²) in [6.07, 6.45) is 0.704. The van der Waals surface area contributed by atoms with Crippen LogP contribution in [-0.2, 0) is 0 Å². The average molecular weight is 243 g/mol. The number of hydrogen-bond donors (Lipinski definition) is 1. The van der Waals surface area contributed by atoms with Gasteiger partial charge >= 0.3 is 0 Å². The number of rotatable bonds is 5. The summed E-state index contributed by atoms with van der Waals surface area (Å²) in [6, 6.07) is 3.12. The Balaban J connectivity index is 3.17. The van der Waals surface area contributed by atoms with Gasteiger partial charge in [0.05, 0.1) is 0 Å². The lowest BCUT2D eigenvalue weighted by Crippen LogP contribution is -2.30. The minimum absolute atomic E-state index is 0.0463. The van der Waals surface area contributed by atoms with E-state index in [2.05, 4.69) is 0 Å². The molecule has 0 spiro atoms. The lowest BCUT2D eigenvalue weighted by Gasteiger charge is -2.31. The Morgan fingerprint density at radius 1 is 1.29 bits per heavy atom. The summed E-state index contributed by atoms with van der Waals surface area (Å²) in [5, 5.41) is 9.32. The minimum Gasteiger partial charge on any atom is -0.396 e. The molecule has 0 heterocycles. The maximum Gasteiger partial charge on any atom is 0.128 e. The monoisotopic (exact) mass is 243 g/mol. The third kappa shape index (κ3) is 3.23. The van der Waals surface area contributed by atoms with Gasteiger partial charge in [-0.15, -0.1) is 0 Å². The van der Waals surface area contributed by atoms with E-state index in [0.29, 0.717) is 12.0 Å². The fourth-order valence-electron chi connectivity index (χ4n) is 2.15. The van der Waals surface area contributed by atoms with Crippen LogP contribution in [0.3, 0.4) is 0 Å². The van der Waals surface area contributed by atoms with Gasteiger partial charge in [0.2, 0.25) is 0 Å². The van der Waals surface area contributed by atoms with Crippen LogP contribution in [0.2, 0.25) is 0 Å². The van der Waals surface area contributed by atoms with E-state index in [1.54, 1.807) is 14.1 Å². The van der Waals surface area contributed by atoms with Gasteiger partial charge in [0.1, 0.15) is 11.6 Å². The molecule has 0 aromatic heterocycles. The van der Waals surface area contributed by atoms with Gasteiger partial charge in [0.25, 0.3) is 0 Å². The Kier molecular flexibility index (Phi) is 5.02. The predicted octanol–water partition coefficient (Wildman–Crippen LogP) is 2.59. The van der Waals surface area contributed by atoms with Crippen molar-refractivity contribution in [1.82, 2.24) is 4.90 Å². The molecule has 1 aromatic carbocycles. The molecule has 17 heavy (non-hydrogen) atoms. The van der Waals surface area contributed by atoms with Crippen LogP contribution in [0.4, 0.5) is 8.78 Å². The van der Waals surface area contributed by atoms with Crippen molar-refractivity contribution in [1.29, 1.82) is 0 Å². The van der Waals surface area contributed by atoms with Crippen LogP contribution < -0.4 is 0 Å². The first-order chi connectivity index (χ1) is 8.01. The predicted molar refractivity (Wildman–Crippen MR) is 63.7 cm³/mol. The molecule has 1 rings (SSSR count). The first-order valence-corrected chi connectivity index (χ1v) is 5.73. The van der Waals surface area contributed by atoms with Crippen molar-refractivity contribution in [2.75, 3.05) is 20.7 Å². The molecule has 0 bridgehead atoms. The molecule has 0 aliphatic rings. The average Bonchev–Trinajstić information content (AvgIpc) is 2.29. The number of benzene rings is 1. The minimum atomic E-state index is -0.457. The number of halogens is 2. The topological polar surface area (TPSA) is 23.5 Å². The molecule has 0 aliphatic heterocycles. The van der Waals surface area contributed by atoms with Crippen molar-refractivity contribution in [3.63, 3.8) is 0 Å². The van der Waals surface area contributed by atoms with Crippen molar-refractivity contribution < 1.29 is 13.9 Å². The highest BCUT2D eigenvalue weighted by molar-refractivity contribution is 5.23. The standard InChI is InChI=1S/C13H19F2NO/c1-4-9(8-17)13(16(2)3)11-7-10(14)5-6-12(11)15/h5-7,9,13,17H,4,8H2,1-3H3. The third-order valence-electron chi connectivity index (χ3n) is 3.04. The largest absolute Gasteiger partial charge is 0.396 e. The first-order valence-electron chi connectivity index (χ1n) is 5.73. The van der Waals surface area contributed by atoms with Crippen molar-refractivity contribution in [3.8, 4) is 0 Å². The highest BCUT2D eigenvalue weighted by Crippen LogP contribution is 2.31. The summed E-state index contributed by atoms with van der Waals surface area (Å²) < 4.78 is 26.9. The van der Waals surface area contributed by atoms with Crippen LogP contribution in [0.25, 0.3) is 0 Å². The van der Waals surface area contributed by atoms with Gasteiger partial charge in [-0.2, -0.15) is 0 Å². The van der Waals surface area contributed by atoms with Gasteiger partial charge in [-0.05, 0) is 38.7 Å². The highest BCUT2D eigenvalue weighted by atomic mass is 19.1. The molecule has 0 amide bonds. The van der Waals surface area contributed by atoms with E-state index in [9.17, 15) is 13.9 Å². The maximum absolute atomic E-state index is 13.7. The Morgan fingerprint density at radius 2 is 1.94 bits per heavy atom. The molecular formula is C13H19F2NO. The van der Waals surface area contributed by atoms with Gasteiger partial charge in [-0.1, -0.05) is 6.92 Å². The smallest absolute Gasteiger partial charge is 0.128 e. The summed E-state index contributed by atoms with van der Waals surface area (Å²) in [5.41, 5.74) is 0.302. The molecule has 0 fully saturated rings. The summed E-state index contributed by atoms with van der Waals surface area (Å²) in [5.74, 6) is -1.00. The second-order valence-corrected chi connectivity index (χ2v) is 4.43. The van der Waals surface area contributed by atoms with E-state index in [1.165, 1.54) is 6.07 Å². The van der Waals surface area contributed by atoms with E-state index in [-0.39, 0.29) is 18.6 Å². The third-order valence-corrected chi connectivity index (χ3v) is 3.04. The summed E-state index contributed by atoms with van der Waals surface area (Å²) >= 11 is 0. The first kappa shape index (κ1) is 14.1. The van der Waals surface area contributed by atoms with E-state index >= 15 is 0 Å². The summed E-state index contributed by atoms with van der Waals surface area (Å²) in [4.78, 5) is 1.81. The highest BCUT2D eigenvalue weighted by Gasteiger charge is 2.26. The normalized spacial score (nSPS) is 15.0. The molecule has 0 saturated heterocycles. The van der Waals surface area contributed by atoms with Crippen LogP contribution in [0.15, 0.2) is 18.2 Å². The number of aliphatic hydroxyl groups excluding tert-OH is 1. The number of nitrogens with zero attached hydrogens (tertiary/aromatic N) is 1. The SMILES string of the molecule is CCC(CO)C(c1cc(F)ccc1F)N(C)C. The van der Waals surface area contributed by atoms with Gasteiger partial charge < -0.3 is 10.0 Å². The summed E-state index contributed by atoms with van der Waals surface area (Å²) in [6.45, 7) is 1.88. The molecule has 0 saturated carbocycles. The van der Waals surface area contributed by atoms with Crippen molar-refractivity contribution in [2.45, 2.75) is 19.4 Å². The van der Waals surface area contributed by atoms with Gasteiger partial charge in [0.15, 0.2) is 0 Å². The zero-order valence-electron chi connectivity index (χ0n) is 10.5. The number of hydrogen-bond acceptors (Lipinski definition) is 2. The van der Waals surface area contributed by atoms with E-state index < -0.39 is 11.6 Å². The van der Waals surface area contributed by atoms with Gasteiger partial charge in [-0.3, -0.25) is 0 Å². The molecule has 96 valence electrons. The van der Waals surface area contributed by atoms with Crippen LogP contribution in [-0.4, -0.2) is 30.7 Å². The molecule has 1 N–H and O–H groups in total. The lowest BCUT2D eigenvalue weighted by atomic mass is 9.90. The Labute approximate surface area is 101 Å². The van der Waals surface area contributed by atoms with E-state index in [0.717, 1.165) is 12.1 Å². The molecule has 0 aliphatic carbocycles. The van der Waals surface area contributed by atoms with E-state index in [4.69, 9.17) is 0 Å². The van der Waals surface area contributed by atoms with Crippen molar-refractivity contribution >= 4 is 0 Å². The molecule has 4 heteroatoms. The van der Waals surface area contributed by atoms with Gasteiger partial charge in [-0.25, -0.2) is 8.78 Å². The molecule has 0 radical (unpaired) electrons. The zero-order valence-corrected chi connectivity index (χ0v) is 10.5. The fraction of sp³-hybridized carbons (Fsp3) is 0.538. The Morgan fingerprint density at radius 3 is 2.41 bits per heavy atom. The molecule has 2 atom stereocenters. The van der Waals surface area contributed by atoms with Gasteiger partial charge in [0, 0.05) is 24.1 Å². The quantitative estimate of drug-likeness (QED) is 0.859. The van der Waals surface area contributed by atoms with Crippen LogP contribution in [0.5, 0.6) is 0 Å². The zero-order chi connectivity index (χ0) is 13.0. The molecule has 2 unspecified atom stereocenters. The van der Waals surface area contributed by atoms with Crippen LogP contribution in [0, 0.1) is 17.6 Å². The second-order valence-electron chi connectivity index (χ2n) is 4.43. The molecule has 2 nitrogen and oxygen atoms in total. The maximum atomic E-state index is 13.7. The van der Waals surface area contributed by atoms with Crippen molar-refractivity contribution in [2.24, 2.45) is 5.92 Å². The van der Waals surface area contributed by atoms with Crippen LogP contribution >= 0.6 is 0 Å². The second kappa shape index (κ2) is 6.07. The molecule has 1 aromatic rings. The van der Waals surface area contributed by atoms with E-state index in [1.807, 2.05) is 11.8 Å². The Bertz CT molecular complexity index is 364. The Hall–Kier alpha value is -1.00. The summed E-state index contributed by atoms with van der Waals surface area (Å²) in [7, 11) is 3.60. The lowest BCUT2D eigenvalue weighted by molar-refractivity contribution is 0.128.